The molecule has 3 aliphatic heterocycles. The highest BCUT2D eigenvalue weighted by atomic mass is 16.2. The number of likely N-dealkylation sites (N-methyl/N-ethyl adjacent to an activating group) is 2. The van der Waals surface area contributed by atoms with Crippen LogP contribution in [0, 0.1) is 29.6 Å². The lowest BCUT2D eigenvalue weighted by Gasteiger charge is -2.44. The number of amidine groups is 1. The number of aliphatic imine (C=N–C) groups is 2. The number of likely N-dealkylation sites (tertiary alicyclic amines) is 1. The molecule has 6 rings (SSSR count). The molecule has 1 N–H and O–H groups in total. The van der Waals surface area contributed by atoms with E-state index in [2.05, 4.69) is 99.8 Å². The number of hydrogen-bond donors (Lipinski definition) is 1. The largest absolute Gasteiger partial charge is 0.376 e. The van der Waals surface area contributed by atoms with E-state index in [0.29, 0.717) is 12.5 Å². The summed E-state index contributed by atoms with van der Waals surface area (Å²) in [5, 5.41) is 3.45. The van der Waals surface area contributed by atoms with E-state index < -0.39 is 5.54 Å². The van der Waals surface area contributed by atoms with Crippen LogP contribution in [0.15, 0.2) is 47.7 Å². The third-order valence-corrected chi connectivity index (χ3v) is 13.6. The van der Waals surface area contributed by atoms with Crippen molar-refractivity contribution < 1.29 is 4.79 Å². The summed E-state index contributed by atoms with van der Waals surface area (Å²) in [6, 6.07) is 0. The molecule has 57 heavy (non-hydrogen) atoms. The standard InChI is InChI=1S/C23H41N3O.C13H23N3.C8H14.2C2H6.C2H4/c1-6-8-9-15-25(5)19(3)23(24-4)14-10-16-26(18-23)22(27)21-13-12-20(17-21)11-7-2;1-4-5-7-12-15-13(11(2)16(12)3)8-6-9-14-10-13;1-6-4-7-2-3-8(6)5-7;3*1-2/h20-21H,3-4,6-18H2,1-2,5H3;14H,2,4-10H2,1,3H3;6-8H,2-5H2,1H3;2*1-2H3;1-2H2. The van der Waals surface area contributed by atoms with Crippen molar-refractivity contribution in [3.05, 3.63) is 37.7 Å². The quantitative estimate of drug-likeness (QED) is 0.115. The molecule has 0 aromatic rings. The summed E-state index contributed by atoms with van der Waals surface area (Å²) in [4.78, 5) is 29.2. The minimum Gasteiger partial charge on any atom is -0.376 e. The van der Waals surface area contributed by atoms with E-state index in [1.54, 1.807) is 25.7 Å². The Balaban J connectivity index is 0.000000452. The summed E-state index contributed by atoms with van der Waals surface area (Å²) in [5.41, 5.74) is 1.79. The zero-order valence-corrected chi connectivity index (χ0v) is 39.5. The fourth-order valence-electron chi connectivity index (χ4n) is 10.2. The molecule has 0 aromatic heterocycles. The average molecular weight is 795 g/mol. The van der Waals surface area contributed by atoms with Crippen molar-refractivity contribution in [3.8, 4) is 0 Å². The summed E-state index contributed by atoms with van der Waals surface area (Å²) in [6.07, 6.45) is 23.5. The third-order valence-electron chi connectivity index (χ3n) is 13.6. The molecule has 3 saturated carbocycles. The first kappa shape index (κ1) is 52.6. The number of amides is 1. The van der Waals surface area contributed by atoms with Gasteiger partial charge >= 0.3 is 0 Å². The number of nitrogens with zero attached hydrogens (tertiary/aromatic N) is 5. The normalized spacial score (nSPS) is 29.5. The van der Waals surface area contributed by atoms with Gasteiger partial charge in [-0.25, -0.2) is 0 Å². The molecule has 7 heteroatoms. The second-order valence-corrected chi connectivity index (χ2v) is 17.4. The molecule has 3 aliphatic carbocycles. The summed E-state index contributed by atoms with van der Waals surface area (Å²) in [5.74, 6) is 5.91. The van der Waals surface area contributed by atoms with Crippen LogP contribution in [0.4, 0.5) is 0 Å². The first-order valence-corrected chi connectivity index (χ1v) is 23.9. The second kappa shape index (κ2) is 28.1. The SMILES string of the molecule is C=C.C=C1N(C)C(CCCC)=NC12CCCNC2.C=NC1(C(=C)N(C)CCCCC)CCCN(C(=O)C2CCC(CCC)C2)C1.CC.CC.CC1CC2CCC1C2. The summed E-state index contributed by atoms with van der Waals surface area (Å²) in [7, 11) is 4.22. The van der Waals surface area contributed by atoms with Crippen LogP contribution in [0.3, 0.4) is 0 Å². The molecule has 6 aliphatic rings. The Morgan fingerprint density at radius 3 is 2.18 bits per heavy atom. The number of unbranched alkanes of at least 4 members (excludes halogenated alkanes) is 3. The zero-order valence-electron chi connectivity index (χ0n) is 39.5. The van der Waals surface area contributed by atoms with Crippen LogP contribution < -0.4 is 5.32 Å². The van der Waals surface area contributed by atoms with Crippen molar-refractivity contribution in [1.82, 2.24) is 20.0 Å². The number of fused-ring (bicyclic) bond motifs is 2. The first-order chi connectivity index (χ1) is 27.5. The third kappa shape index (κ3) is 15.0. The molecule has 5 fully saturated rings. The number of carbonyl (C=O) groups excluding carboxylic acids is 1. The smallest absolute Gasteiger partial charge is 0.225 e. The highest BCUT2D eigenvalue weighted by Crippen LogP contribution is 2.48. The van der Waals surface area contributed by atoms with Gasteiger partial charge in [-0.3, -0.25) is 14.8 Å². The molecule has 2 saturated heterocycles. The van der Waals surface area contributed by atoms with Crippen LogP contribution in [0.25, 0.3) is 0 Å². The van der Waals surface area contributed by atoms with Crippen LogP contribution in [0.2, 0.25) is 0 Å². The minimum absolute atomic E-state index is 0.0178. The van der Waals surface area contributed by atoms with Crippen molar-refractivity contribution in [2.24, 2.45) is 39.6 Å². The van der Waals surface area contributed by atoms with E-state index >= 15 is 0 Å². The number of rotatable bonds is 13. The van der Waals surface area contributed by atoms with Gasteiger partial charge in [-0.1, -0.05) is 107 Å². The van der Waals surface area contributed by atoms with Gasteiger partial charge in [0.2, 0.25) is 5.91 Å². The highest BCUT2D eigenvalue weighted by molar-refractivity contribution is 5.87. The Morgan fingerprint density at radius 2 is 1.65 bits per heavy atom. The van der Waals surface area contributed by atoms with Crippen LogP contribution >= 0.6 is 0 Å². The topological polar surface area (TPSA) is 63.5 Å². The molecule has 3 heterocycles. The van der Waals surface area contributed by atoms with Crippen LogP contribution in [-0.4, -0.2) is 91.1 Å². The lowest BCUT2D eigenvalue weighted by Crippen LogP contribution is -2.53. The average Bonchev–Trinajstić information content (AvgIpc) is 4.06. The van der Waals surface area contributed by atoms with Crippen molar-refractivity contribution in [1.29, 1.82) is 0 Å². The van der Waals surface area contributed by atoms with Gasteiger partial charge in [-0.15, -0.1) is 13.2 Å². The zero-order chi connectivity index (χ0) is 43.0. The lowest BCUT2D eigenvalue weighted by molar-refractivity contribution is -0.137. The second-order valence-electron chi connectivity index (χ2n) is 17.4. The van der Waals surface area contributed by atoms with E-state index in [9.17, 15) is 4.79 Å². The molecule has 7 atom stereocenters. The Kier molecular flexibility index (Phi) is 26.0. The minimum atomic E-state index is -0.406. The van der Waals surface area contributed by atoms with Crippen LogP contribution in [0.1, 0.15) is 177 Å². The van der Waals surface area contributed by atoms with E-state index in [1.165, 1.54) is 69.3 Å². The Labute approximate surface area is 354 Å². The van der Waals surface area contributed by atoms with E-state index in [1.807, 2.05) is 27.7 Å². The number of piperidine rings is 2. The molecule has 0 radical (unpaired) electrons. The van der Waals surface area contributed by atoms with Gasteiger partial charge in [-0.05, 0) is 114 Å². The molecule has 0 aromatic carbocycles. The fraction of sp³-hybridized carbons (Fsp3) is 0.820. The number of carbonyl (C=O) groups is 1. The summed E-state index contributed by atoms with van der Waals surface area (Å²) in [6.45, 7) is 40.2. The summed E-state index contributed by atoms with van der Waals surface area (Å²) < 4.78 is 0. The van der Waals surface area contributed by atoms with Crippen LogP contribution in [0.5, 0.6) is 0 Å². The summed E-state index contributed by atoms with van der Waals surface area (Å²) >= 11 is 0. The Bertz CT molecular complexity index is 1190. The molecule has 1 amide bonds. The molecule has 330 valence electrons. The van der Waals surface area contributed by atoms with Gasteiger partial charge in [0.15, 0.2) is 0 Å². The predicted molar refractivity (Wildman–Crippen MR) is 252 cm³/mol. The van der Waals surface area contributed by atoms with Crippen molar-refractivity contribution in [3.63, 3.8) is 0 Å². The molecular formula is C50H94N6O. The molecular weight excluding hydrogens is 701 g/mol. The monoisotopic (exact) mass is 795 g/mol. The molecule has 7 nitrogen and oxygen atoms in total. The Morgan fingerprint density at radius 1 is 0.947 bits per heavy atom. The van der Waals surface area contributed by atoms with E-state index in [4.69, 9.17) is 4.99 Å². The molecule has 2 bridgehead atoms. The van der Waals surface area contributed by atoms with Crippen LogP contribution in [-0.2, 0) is 4.79 Å². The van der Waals surface area contributed by atoms with Crippen molar-refractivity contribution in [2.75, 3.05) is 46.8 Å². The fourth-order valence-corrected chi connectivity index (χ4v) is 10.2. The molecule has 1 spiro atoms. The maximum Gasteiger partial charge on any atom is 0.225 e. The van der Waals surface area contributed by atoms with Gasteiger partial charge in [0.05, 0.1) is 6.54 Å². The van der Waals surface area contributed by atoms with E-state index in [0.717, 1.165) is 94.1 Å². The van der Waals surface area contributed by atoms with Gasteiger partial charge in [0, 0.05) is 57.5 Å². The van der Waals surface area contributed by atoms with Gasteiger partial charge < -0.3 is 20.0 Å². The van der Waals surface area contributed by atoms with Gasteiger partial charge in [0.1, 0.15) is 16.9 Å². The van der Waals surface area contributed by atoms with Gasteiger partial charge in [-0.2, -0.15) is 0 Å². The molecule has 7 unspecified atom stereocenters. The predicted octanol–water partition coefficient (Wildman–Crippen LogP) is 12.4. The maximum absolute atomic E-state index is 13.2. The van der Waals surface area contributed by atoms with Gasteiger partial charge in [0.25, 0.3) is 0 Å². The van der Waals surface area contributed by atoms with E-state index in [-0.39, 0.29) is 11.5 Å². The highest BCUT2D eigenvalue weighted by Gasteiger charge is 2.43. The maximum atomic E-state index is 13.2. The number of hydrogen-bond acceptors (Lipinski definition) is 6. The number of nitrogens with one attached hydrogen (secondary N) is 1. The van der Waals surface area contributed by atoms with Crippen molar-refractivity contribution in [2.45, 2.75) is 188 Å². The lowest BCUT2D eigenvalue weighted by atomic mass is 9.85. The van der Waals surface area contributed by atoms with Crippen molar-refractivity contribution >= 4 is 18.5 Å². The first-order valence-electron chi connectivity index (χ1n) is 23.9. The Hall–Kier alpha value is -2.41.